The van der Waals surface area contributed by atoms with Crippen LogP contribution in [0.4, 0.5) is 0 Å². The molecule has 1 heterocycles. The molecule has 0 bridgehead atoms. The summed E-state index contributed by atoms with van der Waals surface area (Å²) in [6.07, 6.45) is 4.58. The SMILES string of the molecule is CCOCCCN(C(=O)C1CCCC1)C(C)C(=O)c1c(C)c(C(=O)OCC)n(C)c1C. The van der Waals surface area contributed by atoms with Crippen LogP contribution in [-0.2, 0) is 21.3 Å². The predicted molar refractivity (Wildman–Crippen MR) is 119 cm³/mol. The van der Waals surface area contributed by atoms with E-state index in [0.29, 0.717) is 48.7 Å². The molecule has 0 saturated heterocycles. The number of carbonyl (C=O) groups is 3. The van der Waals surface area contributed by atoms with E-state index >= 15 is 0 Å². The van der Waals surface area contributed by atoms with Crippen LogP contribution < -0.4 is 0 Å². The molecule has 174 valence electrons. The molecular weight excluding hydrogens is 396 g/mol. The highest BCUT2D eigenvalue weighted by Gasteiger charge is 2.35. The lowest BCUT2D eigenvalue weighted by Crippen LogP contribution is -2.46. The zero-order valence-electron chi connectivity index (χ0n) is 20.0. The molecule has 0 aromatic carbocycles. The summed E-state index contributed by atoms with van der Waals surface area (Å²) in [6, 6.07) is -0.607. The second-order valence-corrected chi connectivity index (χ2v) is 8.32. The third-order valence-corrected chi connectivity index (χ3v) is 6.37. The smallest absolute Gasteiger partial charge is 0.355 e. The minimum Gasteiger partial charge on any atom is -0.461 e. The summed E-state index contributed by atoms with van der Waals surface area (Å²) in [5.41, 5.74) is 2.21. The Morgan fingerprint density at radius 1 is 1.13 bits per heavy atom. The van der Waals surface area contributed by atoms with Gasteiger partial charge in [-0.3, -0.25) is 9.59 Å². The molecular formula is C24H38N2O5. The highest BCUT2D eigenvalue weighted by Crippen LogP contribution is 2.29. The number of aromatic nitrogens is 1. The Morgan fingerprint density at radius 3 is 2.35 bits per heavy atom. The van der Waals surface area contributed by atoms with Crippen LogP contribution in [0, 0.1) is 19.8 Å². The second kappa shape index (κ2) is 11.5. The Balaban J connectivity index is 2.32. The van der Waals surface area contributed by atoms with Crippen molar-refractivity contribution in [1.29, 1.82) is 0 Å². The molecule has 1 amide bonds. The van der Waals surface area contributed by atoms with Crippen LogP contribution in [0.3, 0.4) is 0 Å². The Morgan fingerprint density at radius 2 is 1.77 bits per heavy atom. The number of rotatable bonds is 11. The van der Waals surface area contributed by atoms with E-state index in [1.807, 2.05) is 13.8 Å². The third kappa shape index (κ3) is 5.56. The standard InChI is InChI=1S/C24H38N2O5/c1-7-30-15-11-14-26(23(28)19-12-9-10-13-19)18(5)22(27)20-16(3)21(24(29)31-8-2)25(6)17(20)4/h18-19H,7-15H2,1-6H3. The van der Waals surface area contributed by atoms with Crippen molar-refractivity contribution in [2.45, 2.75) is 72.8 Å². The summed E-state index contributed by atoms with van der Waals surface area (Å²) in [5, 5.41) is 0. The van der Waals surface area contributed by atoms with E-state index in [2.05, 4.69) is 0 Å². The van der Waals surface area contributed by atoms with Crippen LogP contribution in [-0.4, -0.2) is 59.5 Å². The molecule has 1 fully saturated rings. The number of Topliss-reactive ketones (excluding diaryl/α,β-unsaturated/α-hetero) is 1. The first-order valence-corrected chi connectivity index (χ1v) is 11.5. The fraction of sp³-hybridized carbons (Fsp3) is 0.708. The minimum absolute atomic E-state index is 0.00426. The zero-order valence-corrected chi connectivity index (χ0v) is 20.0. The molecule has 7 heteroatoms. The van der Waals surface area contributed by atoms with Gasteiger partial charge in [0, 0.05) is 44.0 Å². The Labute approximate surface area is 186 Å². The van der Waals surface area contributed by atoms with Crippen LogP contribution >= 0.6 is 0 Å². The van der Waals surface area contributed by atoms with Gasteiger partial charge < -0.3 is 18.9 Å². The first-order chi connectivity index (χ1) is 14.8. The predicted octanol–water partition coefficient (Wildman–Crippen LogP) is 3.84. The molecule has 0 spiro atoms. The molecule has 1 aromatic rings. The molecule has 7 nitrogen and oxygen atoms in total. The normalized spacial score (nSPS) is 15.2. The first kappa shape index (κ1) is 25.1. The van der Waals surface area contributed by atoms with E-state index in [-0.39, 0.29) is 24.2 Å². The van der Waals surface area contributed by atoms with Crippen molar-refractivity contribution >= 4 is 17.7 Å². The number of ether oxygens (including phenoxy) is 2. The number of ketones is 1. The lowest BCUT2D eigenvalue weighted by molar-refractivity contribution is -0.136. The van der Waals surface area contributed by atoms with Gasteiger partial charge in [-0.15, -0.1) is 0 Å². The molecule has 1 atom stereocenters. The van der Waals surface area contributed by atoms with Crippen molar-refractivity contribution in [3.05, 3.63) is 22.5 Å². The van der Waals surface area contributed by atoms with Gasteiger partial charge in [0.15, 0.2) is 5.78 Å². The van der Waals surface area contributed by atoms with E-state index in [0.717, 1.165) is 25.7 Å². The van der Waals surface area contributed by atoms with Gasteiger partial charge in [0.25, 0.3) is 0 Å². The maximum absolute atomic E-state index is 13.6. The van der Waals surface area contributed by atoms with Crippen LogP contribution in [0.5, 0.6) is 0 Å². The maximum Gasteiger partial charge on any atom is 0.355 e. The molecule has 1 aliphatic rings. The van der Waals surface area contributed by atoms with Crippen molar-refractivity contribution in [3.8, 4) is 0 Å². The molecule has 1 aromatic heterocycles. The number of hydrogen-bond donors (Lipinski definition) is 0. The largest absolute Gasteiger partial charge is 0.461 e. The Kier molecular flexibility index (Phi) is 9.29. The van der Waals surface area contributed by atoms with Gasteiger partial charge in [0.1, 0.15) is 5.69 Å². The molecule has 0 radical (unpaired) electrons. The molecule has 2 rings (SSSR count). The van der Waals surface area contributed by atoms with Crippen LogP contribution in [0.15, 0.2) is 0 Å². The monoisotopic (exact) mass is 434 g/mol. The minimum atomic E-state index is -0.607. The molecule has 0 aliphatic heterocycles. The molecule has 1 aliphatic carbocycles. The highest BCUT2D eigenvalue weighted by molar-refractivity contribution is 6.06. The van der Waals surface area contributed by atoms with Crippen LogP contribution in [0.2, 0.25) is 0 Å². The van der Waals surface area contributed by atoms with E-state index in [1.165, 1.54) is 0 Å². The Hall–Kier alpha value is -2.15. The number of amides is 1. The second-order valence-electron chi connectivity index (χ2n) is 8.32. The summed E-state index contributed by atoms with van der Waals surface area (Å²) in [6.45, 7) is 11.0. The van der Waals surface area contributed by atoms with Gasteiger partial charge in [-0.25, -0.2) is 4.79 Å². The first-order valence-electron chi connectivity index (χ1n) is 11.5. The fourth-order valence-electron chi connectivity index (χ4n) is 4.56. The van der Waals surface area contributed by atoms with Gasteiger partial charge in [-0.2, -0.15) is 0 Å². The summed E-state index contributed by atoms with van der Waals surface area (Å²) in [7, 11) is 1.76. The molecule has 31 heavy (non-hydrogen) atoms. The number of hydrogen-bond acceptors (Lipinski definition) is 5. The summed E-state index contributed by atoms with van der Waals surface area (Å²) >= 11 is 0. The summed E-state index contributed by atoms with van der Waals surface area (Å²) < 4.78 is 12.3. The summed E-state index contributed by atoms with van der Waals surface area (Å²) in [5.74, 6) is -0.515. The molecule has 0 N–H and O–H groups in total. The Bertz CT molecular complexity index is 792. The molecule has 1 saturated carbocycles. The van der Waals surface area contributed by atoms with Gasteiger partial charge in [-0.1, -0.05) is 12.8 Å². The average Bonchev–Trinajstić information content (AvgIpc) is 3.34. The summed E-state index contributed by atoms with van der Waals surface area (Å²) in [4.78, 5) is 41.0. The fourth-order valence-corrected chi connectivity index (χ4v) is 4.56. The van der Waals surface area contributed by atoms with E-state index in [4.69, 9.17) is 9.47 Å². The quantitative estimate of drug-likeness (QED) is 0.300. The van der Waals surface area contributed by atoms with Gasteiger partial charge in [0.05, 0.1) is 12.6 Å². The van der Waals surface area contributed by atoms with E-state index in [9.17, 15) is 14.4 Å². The topological polar surface area (TPSA) is 77.8 Å². The van der Waals surface area contributed by atoms with Crippen molar-refractivity contribution in [3.63, 3.8) is 0 Å². The lowest BCUT2D eigenvalue weighted by Gasteiger charge is -2.31. The van der Waals surface area contributed by atoms with E-state index in [1.54, 1.807) is 37.3 Å². The van der Waals surface area contributed by atoms with Gasteiger partial charge in [-0.05, 0) is 59.4 Å². The number of carbonyl (C=O) groups excluding carboxylic acids is 3. The average molecular weight is 435 g/mol. The lowest BCUT2D eigenvalue weighted by atomic mass is 9.98. The van der Waals surface area contributed by atoms with Crippen molar-refractivity contribution in [1.82, 2.24) is 9.47 Å². The van der Waals surface area contributed by atoms with Crippen LogP contribution in [0.25, 0.3) is 0 Å². The van der Waals surface area contributed by atoms with Crippen molar-refractivity contribution in [2.75, 3.05) is 26.4 Å². The van der Waals surface area contributed by atoms with Crippen LogP contribution in [0.1, 0.15) is 85.0 Å². The number of esters is 1. The third-order valence-electron chi connectivity index (χ3n) is 6.37. The number of nitrogens with zero attached hydrogens (tertiary/aromatic N) is 2. The van der Waals surface area contributed by atoms with Gasteiger partial charge in [0.2, 0.25) is 5.91 Å². The van der Waals surface area contributed by atoms with Gasteiger partial charge >= 0.3 is 5.97 Å². The molecule has 1 unspecified atom stereocenters. The zero-order chi connectivity index (χ0) is 23.1. The highest BCUT2D eigenvalue weighted by atomic mass is 16.5. The van der Waals surface area contributed by atoms with E-state index < -0.39 is 12.0 Å². The van der Waals surface area contributed by atoms with Crippen molar-refractivity contribution in [2.24, 2.45) is 13.0 Å². The maximum atomic E-state index is 13.6. The van der Waals surface area contributed by atoms with Crippen molar-refractivity contribution < 1.29 is 23.9 Å².